The van der Waals surface area contributed by atoms with E-state index in [9.17, 15) is 14.0 Å². The number of nitrogens with one attached hydrogen (secondary N) is 1. The van der Waals surface area contributed by atoms with E-state index in [1.807, 2.05) is 0 Å². The molecule has 5 nitrogen and oxygen atoms in total. The maximum absolute atomic E-state index is 13.6. The Bertz CT molecular complexity index is 1300. The summed E-state index contributed by atoms with van der Waals surface area (Å²) in [5.74, 6) is -0.719. The fourth-order valence-electron chi connectivity index (χ4n) is 2.96. The van der Waals surface area contributed by atoms with Crippen molar-refractivity contribution in [1.29, 1.82) is 0 Å². The van der Waals surface area contributed by atoms with Crippen molar-refractivity contribution in [3.63, 3.8) is 0 Å². The normalized spacial score (nSPS) is 10.7. The second-order valence-corrected chi connectivity index (χ2v) is 6.84. The fraction of sp³-hybridized carbons (Fsp3) is 0.0435. The molecule has 1 heterocycles. The fourth-order valence-corrected chi connectivity index (χ4v) is 3.20. The van der Waals surface area contributed by atoms with Gasteiger partial charge in [-0.05, 0) is 30.3 Å². The summed E-state index contributed by atoms with van der Waals surface area (Å²) in [4.78, 5) is 24.8. The van der Waals surface area contributed by atoms with Crippen LogP contribution in [0.3, 0.4) is 0 Å². The lowest BCUT2D eigenvalue weighted by molar-refractivity contribution is -0.118. The number of carbonyl (C=O) groups is 1. The molecule has 150 valence electrons. The van der Waals surface area contributed by atoms with Crippen LogP contribution in [0.2, 0.25) is 5.02 Å². The summed E-state index contributed by atoms with van der Waals surface area (Å²) in [6.45, 7) is -0.332. The molecule has 0 atom stereocenters. The van der Waals surface area contributed by atoms with Gasteiger partial charge in [0.15, 0.2) is 6.61 Å². The smallest absolute Gasteiger partial charge is 0.262 e. The monoisotopic (exact) mass is 423 g/mol. The molecule has 0 aliphatic carbocycles. The van der Waals surface area contributed by atoms with E-state index in [1.54, 1.807) is 42.5 Å². The Morgan fingerprint density at radius 3 is 2.60 bits per heavy atom. The predicted octanol–water partition coefficient (Wildman–Crippen LogP) is 5.27. The van der Waals surface area contributed by atoms with Crippen LogP contribution in [-0.2, 0) is 4.79 Å². The number of para-hydroxylation sites is 1. The van der Waals surface area contributed by atoms with Crippen LogP contribution in [0.15, 0.2) is 82.2 Å². The van der Waals surface area contributed by atoms with Gasteiger partial charge in [0.1, 0.15) is 23.4 Å². The van der Waals surface area contributed by atoms with Crippen LogP contribution in [0.25, 0.3) is 22.1 Å². The molecule has 0 spiro atoms. The van der Waals surface area contributed by atoms with Gasteiger partial charge in [0, 0.05) is 16.7 Å². The number of rotatable bonds is 5. The van der Waals surface area contributed by atoms with Crippen molar-refractivity contribution >= 4 is 34.2 Å². The van der Waals surface area contributed by atoms with Crippen LogP contribution < -0.4 is 15.5 Å². The lowest BCUT2D eigenvalue weighted by atomic mass is 10.1. The highest BCUT2D eigenvalue weighted by Gasteiger charge is 2.13. The summed E-state index contributed by atoms with van der Waals surface area (Å²) in [5.41, 5.74) is 1.09. The molecule has 0 saturated carbocycles. The van der Waals surface area contributed by atoms with Crippen molar-refractivity contribution in [1.82, 2.24) is 0 Å². The van der Waals surface area contributed by atoms with E-state index < -0.39 is 11.7 Å². The average molecular weight is 424 g/mol. The maximum atomic E-state index is 13.6. The highest BCUT2D eigenvalue weighted by atomic mass is 35.5. The second-order valence-electron chi connectivity index (χ2n) is 6.43. The molecule has 0 aliphatic rings. The number of fused-ring (bicyclic) bond motifs is 1. The first-order chi connectivity index (χ1) is 14.5. The van der Waals surface area contributed by atoms with E-state index in [4.69, 9.17) is 20.8 Å². The number of carbonyl (C=O) groups excluding carboxylic acids is 1. The quantitative estimate of drug-likeness (QED) is 0.474. The van der Waals surface area contributed by atoms with Gasteiger partial charge in [0.25, 0.3) is 5.91 Å². The first-order valence-corrected chi connectivity index (χ1v) is 9.38. The minimum atomic E-state index is -0.535. The minimum absolute atomic E-state index is 0.0720. The highest BCUT2D eigenvalue weighted by molar-refractivity contribution is 6.33. The molecule has 1 N–H and O–H groups in total. The Kier molecular flexibility index (Phi) is 5.50. The number of anilines is 1. The van der Waals surface area contributed by atoms with Crippen LogP contribution in [0, 0.1) is 5.82 Å². The molecule has 0 aliphatic heterocycles. The van der Waals surface area contributed by atoms with Gasteiger partial charge < -0.3 is 14.5 Å². The van der Waals surface area contributed by atoms with Crippen LogP contribution in [-0.4, -0.2) is 12.5 Å². The molecule has 4 aromatic rings. The summed E-state index contributed by atoms with van der Waals surface area (Å²) < 4.78 is 24.6. The number of hydrogen-bond donors (Lipinski definition) is 1. The number of halogens is 2. The van der Waals surface area contributed by atoms with E-state index in [2.05, 4.69) is 5.32 Å². The van der Waals surface area contributed by atoms with E-state index in [-0.39, 0.29) is 17.7 Å². The van der Waals surface area contributed by atoms with E-state index in [0.29, 0.717) is 32.9 Å². The Morgan fingerprint density at radius 2 is 1.80 bits per heavy atom. The largest absolute Gasteiger partial charge is 0.484 e. The summed E-state index contributed by atoms with van der Waals surface area (Å²) in [6.07, 6.45) is 1.35. The second kappa shape index (κ2) is 8.39. The molecule has 0 fully saturated rings. The van der Waals surface area contributed by atoms with Crippen molar-refractivity contribution < 1.29 is 18.3 Å². The third-order valence-electron chi connectivity index (χ3n) is 4.43. The lowest BCUT2D eigenvalue weighted by Gasteiger charge is -2.09. The first kappa shape index (κ1) is 19.7. The molecule has 3 aromatic carbocycles. The van der Waals surface area contributed by atoms with Gasteiger partial charge >= 0.3 is 0 Å². The molecule has 30 heavy (non-hydrogen) atoms. The molecule has 1 amide bonds. The van der Waals surface area contributed by atoms with E-state index >= 15 is 0 Å². The molecule has 0 radical (unpaired) electrons. The molecule has 0 unspecified atom stereocenters. The number of benzene rings is 3. The molecule has 0 bridgehead atoms. The van der Waals surface area contributed by atoms with Gasteiger partial charge in [-0.1, -0.05) is 41.9 Å². The van der Waals surface area contributed by atoms with Gasteiger partial charge in [-0.3, -0.25) is 9.59 Å². The Labute approximate surface area is 175 Å². The zero-order chi connectivity index (χ0) is 21.1. The zero-order valence-corrected chi connectivity index (χ0v) is 16.3. The Balaban J connectivity index is 1.52. The summed E-state index contributed by atoms with van der Waals surface area (Å²) in [6, 6.07) is 17.5. The van der Waals surface area contributed by atoms with Gasteiger partial charge in [0.05, 0.1) is 16.6 Å². The predicted molar refractivity (Wildman–Crippen MR) is 113 cm³/mol. The molecule has 0 saturated heterocycles. The van der Waals surface area contributed by atoms with Gasteiger partial charge in [0.2, 0.25) is 5.43 Å². The average Bonchev–Trinajstić information content (AvgIpc) is 2.75. The van der Waals surface area contributed by atoms with E-state index in [0.717, 1.165) is 0 Å². The van der Waals surface area contributed by atoms with Gasteiger partial charge in [-0.25, -0.2) is 4.39 Å². The van der Waals surface area contributed by atoms with Crippen LogP contribution in [0.5, 0.6) is 5.75 Å². The Morgan fingerprint density at radius 1 is 1.03 bits per heavy atom. The summed E-state index contributed by atoms with van der Waals surface area (Å²) in [5, 5.41) is 3.24. The van der Waals surface area contributed by atoms with Crippen molar-refractivity contribution in [2.75, 3.05) is 11.9 Å². The summed E-state index contributed by atoms with van der Waals surface area (Å²) in [7, 11) is 0. The van der Waals surface area contributed by atoms with Crippen LogP contribution in [0.1, 0.15) is 0 Å². The molecule has 1 aromatic heterocycles. The first-order valence-electron chi connectivity index (χ1n) is 9.00. The highest BCUT2D eigenvalue weighted by Crippen LogP contribution is 2.27. The molecular formula is C23H15ClFNO4. The third-order valence-corrected chi connectivity index (χ3v) is 4.76. The van der Waals surface area contributed by atoms with Gasteiger partial charge in [-0.2, -0.15) is 0 Å². The molecular weight excluding hydrogens is 409 g/mol. The Hall–Kier alpha value is -3.64. The molecule has 7 heteroatoms. The lowest BCUT2D eigenvalue weighted by Crippen LogP contribution is -2.20. The van der Waals surface area contributed by atoms with Crippen LogP contribution in [0.4, 0.5) is 10.1 Å². The van der Waals surface area contributed by atoms with Crippen molar-refractivity contribution in [2.24, 2.45) is 0 Å². The standard InChI is InChI=1S/C23H15ClFNO4/c24-18-6-2-1-5-15(18)17-12-30-21-11-14(9-10-16(21)23(17)28)29-13-22(27)26-20-8-4-3-7-19(20)25/h1-12H,13H2,(H,26,27). The third kappa shape index (κ3) is 4.04. The topological polar surface area (TPSA) is 68.5 Å². The molecule has 4 rings (SSSR count). The maximum Gasteiger partial charge on any atom is 0.262 e. The number of amides is 1. The van der Waals surface area contributed by atoms with E-state index in [1.165, 1.54) is 30.5 Å². The number of ether oxygens (including phenoxy) is 1. The van der Waals surface area contributed by atoms with Crippen molar-refractivity contribution in [3.8, 4) is 16.9 Å². The zero-order valence-electron chi connectivity index (χ0n) is 15.5. The SMILES string of the molecule is O=C(COc1ccc2c(=O)c(-c3ccccc3Cl)coc2c1)Nc1ccccc1F. The summed E-state index contributed by atoms with van der Waals surface area (Å²) >= 11 is 6.18. The van der Waals surface area contributed by atoms with Gasteiger partial charge in [-0.15, -0.1) is 0 Å². The number of hydrogen-bond acceptors (Lipinski definition) is 4. The van der Waals surface area contributed by atoms with Crippen molar-refractivity contribution in [2.45, 2.75) is 0 Å². The van der Waals surface area contributed by atoms with Crippen LogP contribution >= 0.6 is 11.6 Å². The minimum Gasteiger partial charge on any atom is -0.484 e. The van der Waals surface area contributed by atoms with Crippen molar-refractivity contribution in [3.05, 3.63) is 94.1 Å².